The molecule has 0 aromatic carbocycles. The lowest BCUT2D eigenvalue weighted by Crippen LogP contribution is -2.30. The van der Waals surface area contributed by atoms with Gasteiger partial charge in [-0.3, -0.25) is 37.3 Å². The first kappa shape index (κ1) is 89.2. The summed E-state index contributed by atoms with van der Waals surface area (Å²) in [4.78, 5) is 72.4. The summed E-state index contributed by atoms with van der Waals surface area (Å²) >= 11 is 0. The lowest BCUT2D eigenvalue weighted by Gasteiger charge is -2.21. The summed E-state index contributed by atoms with van der Waals surface area (Å²) in [5, 5.41) is 10.6. The fourth-order valence-corrected chi connectivity index (χ4v) is 10.4. The van der Waals surface area contributed by atoms with Crippen LogP contribution in [0.2, 0.25) is 0 Å². The van der Waals surface area contributed by atoms with Gasteiger partial charge in [-0.25, -0.2) is 9.13 Å². The number of hydrogen-bond donors (Lipinski definition) is 3. The zero-order valence-electron chi connectivity index (χ0n) is 58.1. The number of carbonyl (C=O) groups is 4. The van der Waals surface area contributed by atoms with Crippen molar-refractivity contribution >= 4 is 39.5 Å². The molecule has 0 bridgehead atoms. The summed E-state index contributed by atoms with van der Waals surface area (Å²) < 4.78 is 68.0. The number of rotatable bonds is 65. The Labute approximate surface area is 567 Å². The van der Waals surface area contributed by atoms with E-state index in [2.05, 4.69) is 113 Å². The molecule has 0 aromatic rings. The second-order valence-electron chi connectivity index (χ2n) is 23.1. The number of allylic oxidation sites excluding steroid dienone is 20. The van der Waals surface area contributed by atoms with Crippen LogP contribution in [0.3, 0.4) is 0 Å². The Morgan fingerprint density at radius 1 is 0.319 bits per heavy atom. The molecule has 17 nitrogen and oxygen atoms in total. The minimum absolute atomic E-state index is 0.0607. The minimum Gasteiger partial charge on any atom is -0.461 e. The van der Waals surface area contributed by atoms with Gasteiger partial charge in [0.25, 0.3) is 0 Å². The fourth-order valence-electron chi connectivity index (χ4n) is 8.83. The third-order valence-electron chi connectivity index (χ3n) is 14.2. The molecular weight excluding hydrogens is 1230 g/mol. The van der Waals surface area contributed by atoms with Crippen LogP contribution in [0.5, 0.6) is 0 Å². The maximum Gasteiger partial charge on any atom is 0.472 e. The number of unbranched alkanes of at least 4 members (excludes halogenated alkanes) is 19. The third kappa shape index (κ3) is 65.8. The predicted octanol–water partition coefficient (Wildman–Crippen LogP) is 19.8. The average molecular weight is 1360 g/mol. The smallest absolute Gasteiger partial charge is 0.461 e. The molecule has 0 aliphatic heterocycles. The second kappa shape index (κ2) is 66.8. The van der Waals surface area contributed by atoms with Crippen LogP contribution in [-0.4, -0.2) is 96.7 Å². The Kier molecular flexibility index (Phi) is 63.4. The molecule has 5 atom stereocenters. The highest BCUT2D eigenvalue weighted by atomic mass is 31.2. The predicted molar refractivity (Wildman–Crippen MR) is 381 cm³/mol. The van der Waals surface area contributed by atoms with Crippen LogP contribution < -0.4 is 0 Å². The first-order valence-electron chi connectivity index (χ1n) is 35.4. The van der Waals surface area contributed by atoms with Crippen LogP contribution in [0, 0.1) is 0 Å². The molecule has 0 aromatic heterocycles. The highest BCUT2D eigenvalue weighted by Crippen LogP contribution is 2.45. The lowest BCUT2D eigenvalue weighted by molar-refractivity contribution is -0.161. The normalized spacial score (nSPS) is 14.8. The van der Waals surface area contributed by atoms with E-state index in [0.717, 1.165) is 116 Å². The van der Waals surface area contributed by atoms with Gasteiger partial charge in [0.05, 0.1) is 39.3 Å². The number of phosphoric acid groups is 2. The molecule has 0 spiro atoms. The van der Waals surface area contributed by atoms with Gasteiger partial charge >= 0.3 is 39.5 Å². The van der Waals surface area contributed by atoms with Crippen molar-refractivity contribution in [2.24, 2.45) is 0 Å². The third-order valence-corrected chi connectivity index (χ3v) is 16.1. The van der Waals surface area contributed by atoms with E-state index in [1.807, 2.05) is 36.5 Å². The summed E-state index contributed by atoms with van der Waals surface area (Å²) in [5.41, 5.74) is 0. The first-order chi connectivity index (χ1) is 45.7. The first-order valence-corrected chi connectivity index (χ1v) is 38.4. The van der Waals surface area contributed by atoms with Crippen molar-refractivity contribution in [3.63, 3.8) is 0 Å². The molecule has 0 fully saturated rings. The SMILES string of the molecule is CC/C=C\C/C=C\C/C=C\C/C=C\C/C=C\CC(=O)OCC(COP(=O)(O)OCC(O)COP(=O)(O)OCC(COC(=O)C/C=C\C/C=C\C/C=C\C/C=C\C/C=C\CC)OC(=O)CCCCCCCCCCCCC)OC(=O)CCCCCCC/C=C\CCCCCC. The largest absolute Gasteiger partial charge is 0.472 e. The Bertz CT molecular complexity index is 2310. The molecule has 0 saturated carbocycles. The molecule has 19 heteroatoms. The molecule has 0 aliphatic rings. The molecule has 94 heavy (non-hydrogen) atoms. The standard InChI is InChI=1S/C75H124O17P2/c1-5-9-13-17-21-25-29-32-34-37-40-43-47-51-55-59-72(77)85-65-70(91-74(79)61-57-53-49-45-39-28-24-20-16-12-8-4)67-89-93(81,82)87-63-69(76)64-88-94(83,84)90-68-71(92-75(80)62-58-54-50-46-42-36-31-27-23-19-15-11-7-3)66-86-73(78)60-56-52-48-44-41-38-35-33-30-26-22-18-14-10-6-2/h9-10,13-14,21-22,25-27,31-35,40-41,43-44,51-52,55-56,69-71,76H,5-8,11-12,15-20,23-24,28-30,36-39,42,45-50,53-54,57-68H2,1-4H3,(H,81,82)(H,83,84)/b13-9-,14-10-,25-21-,26-22-,31-27-,34-32-,35-33-,43-40-,44-41-,55-51-,56-52-. The summed E-state index contributed by atoms with van der Waals surface area (Å²) in [7, 11) is -9.99. The van der Waals surface area contributed by atoms with Gasteiger partial charge in [0.2, 0.25) is 0 Å². The number of phosphoric ester groups is 2. The summed E-state index contributed by atoms with van der Waals surface area (Å²) in [6.07, 6.45) is 72.4. The highest BCUT2D eigenvalue weighted by molar-refractivity contribution is 7.47. The Morgan fingerprint density at radius 3 is 0.904 bits per heavy atom. The number of esters is 4. The van der Waals surface area contributed by atoms with E-state index in [1.54, 1.807) is 12.2 Å². The van der Waals surface area contributed by atoms with Gasteiger partial charge in [0.1, 0.15) is 19.3 Å². The van der Waals surface area contributed by atoms with Gasteiger partial charge in [-0.1, -0.05) is 264 Å². The van der Waals surface area contributed by atoms with Gasteiger partial charge in [0.15, 0.2) is 12.2 Å². The van der Waals surface area contributed by atoms with Gasteiger partial charge in [-0.15, -0.1) is 0 Å². The van der Waals surface area contributed by atoms with Crippen molar-refractivity contribution in [2.45, 2.75) is 277 Å². The Morgan fingerprint density at radius 2 is 0.585 bits per heavy atom. The van der Waals surface area contributed by atoms with Crippen molar-refractivity contribution in [3.05, 3.63) is 134 Å². The van der Waals surface area contributed by atoms with Crippen LogP contribution in [0.1, 0.15) is 259 Å². The van der Waals surface area contributed by atoms with E-state index in [0.29, 0.717) is 25.7 Å². The zero-order chi connectivity index (χ0) is 69.0. The number of ether oxygens (including phenoxy) is 4. The molecule has 0 rings (SSSR count). The van der Waals surface area contributed by atoms with Gasteiger partial charge in [0, 0.05) is 12.8 Å². The maximum atomic E-state index is 13.0. The van der Waals surface area contributed by atoms with Gasteiger partial charge < -0.3 is 33.8 Å². The maximum absolute atomic E-state index is 13.0. The van der Waals surface area contributed by atoms with E-state index in [1.165, 1.54) is 64.2 Å². The van der Waals surface area contributed by atoms with Crippen molar-refractivity contribution in [2.75, 3.05) is 39.6 Å². The van der Waals surface area contributed by atoms with Gasteiger partial charge in [-0.2, -0.15) is 0 Å². The quantitative estimate of drug-likeness (QED) is 0.0169. The molecule has 5 unspecified atom stereocenters. The summed E-state index contributed by atoms with van der Waals surface area (Å²) in [5.74, 6) is -2.49. The van der Waals surface area contributed by atoms with Gasteiger partial charge in [-0.05, 0) is 103 Å². The monoisotopic (exact) mass is 1360 g/mol. The van der Waals surface area contributed by atoms with Crippen molar-refractivity contribution < 1.29 is 80.2 Å². The van der Waals surface area contributed by atoms with E-state index >= 15 is 0 Å². The molecule has 0 amide bonds. The van der Waals surface area contributed by atoms with Crippen LogP contribution in [0.15, 0.2) is 134 Å². The van der Waals surface area contributed by atoms with Crippen LogP contribution in [0.4, 0.5) is 0 Å². The topological polar surface area (TPSA) is 237 Å². The average Bonchev–Trinajstić information content (AvgIpc) is 1.55. The van der Waals surface area contributed by atoms with E-state index in [9.17, 15) is 43.2 Å². The molecule has 0 radical (unpaired) electrons. The van der Waals surface area contributed by atoms with E-state index in [4.69, 9.17) is 37.0 Å². The minimum atomic E-state index is -5.00. The molecule has 0 aliphatic carbocycles. The summed E-state index contributed by atoms with van der Waals surface area (Å²) in [6, 6.07) is 0. The number of aliphatic hydroxyl groups excluding tert-OH is 1. The van der Waals surface area contributed by atoms with Crippen LogP contribution >= 0.6 is 15.6 Å². The summed E-state index contributed by atoms with van der Waals surface area (Å²) in [6.45, 7) is 4.35. The van der Waals surface area contributed by atoms with Crippen LogP contribution in [0.25, 0.3) is 0 Å². The van der Waals surface area contributed by atoms with E-state index in [-0.39, 0.29) is 25.7 Å². The number of aliphatic hydroxyl groups is 1. The van der Waals surface area contributed by atoms with Crippen molar-refractivity contribution in [1.29, 1.82) is 0 Å². The lowest BCUT2D eigenvalue weighted by atomic mass is 10.1. The molecule has 536 valence electrons. The molecular formula is C75H124O17P2. The Balaban J connectivity index is 5.47. The fraction of sp³-hybridized carbons (Fsp3) is 0.653. The molecule has 3 N–H and O–H groups in total. The van der Waals surface area contributed by atoms with Crippen LogP contribution in [-0.2, 0) is 65.4 Å². The Hall–Kier alpha value is -4.80. The molecule has 0 saturated heterocycles. The molecule has 0 heterocycles. The zero-order valence-corrected chi connectivity index (χ0v) is 59.9. The van der Waals surface area contributed by atoms with Crippen molar-refractivity contribution in [3.8, 4) is 0 Å². The number of hydrogen-bond acceptors (Lipinski definition) is 15. The van der Waals surface area contributed by atoms with E-state index < -0.39 is 97.5 Å². The highest BCUT2D eigenvalue weighted by Gasteiger charge is 2.30. The van der Waals surface area contributed by atoms with Crippen molar-refractivity contribution in [1.82, 2.24) is 0 Å². The number of carbonyl (C=O) groups excluding carboxylic acids is 4. The second-order valence-corrected chi connectivity index (χ2v) is 26.0.